The lowest BCUT2D eigenvalue weighted by atomic mass is 9.99. The van der Waals surface area contributed by atoms with Crippen LogP contribution in [0.4, 0.5) is 4.39 Å². The summed E-state index contributed by atoms with van der Waals surface area (Å²) in [5.41, 5.74) is 0. The Balaban J connectivity index is 1.92. The smallest absolute Gasteiger partial charge is 0.166 e. The van der Waals surface area contributed by atoms with Crippen LogP contribution >= 0.6 is 11.6 Å². The molecule has 0 bridgehead atoms. The zero-order valence-corrected chi connectivity index (χ0v) is 11.3. The molecule has 0 spiro atoms. The second-order valence-corrected chi connectivity index (χ2v) is 5.26. The molecular weight excluding hydrogens is 253 g/mol. The van der Waals surface area contributed by atoms with E-state index in [4.69, 9.17) is 16.3 Å². The molecule has 1 saturated carbocycles. The van der Waals surface area contributed by atoms with Gasteiger partial charge in [-0.15, -0.1) is 0 Å². The first kappa shape index (κ1) is 13.6. The Bertz CT molecular complexity index is 393. The molecule has 1 N–H and O–H groups in total. The molecule has 1 fully saturated rings. The Morgan fingerprint density at radius 3 is 2.78 bits per heavy atom. The molecule has 4 heteroatoms. The Hall–Kier alpha value is -0.800. The first-order chi connectivity index (χ1) is 8.70. The van der Waals surface area contributed by atoms with Crippen molar-refractivity contribution < 1.29 is 9.13 Å². The van der Waals surface area contributed by atoms with Crippen LogP contribution < -0.4 is 10.1 Å². The molecule has 1 aliphatic carbocycles. The van der Waals surface area contributed by atoms with Gasteiger partial charge in [0.25, 0.3) is 0 Å². The van der Waals surface area contributed by atoms with Crippen LogP contribution in [0.1, 0.15) is 25.7 Å². The average Bonchev–Trinajstić information content (AvgIpc) is 2.86. The van der Waals surface area contributed by atoms with Gasteiger partial charge in [0.2, 0.25) is 0 Å². The van der Waals surface area contributed by atoms with Crippen LogP contribution in [0.2, 0.25) is 5.02 Å². The number of hydrogen-bond acceptors (Lipinski definition) is 2. The third kappa shape index (κ3) is 3.36. The van der Waals surface area contributed by atoms with E-state index >= 15 is 0 Å². The number of ether oxygens (including phenoxy) is 1. The lowest BCUT2D eigenvalue weighted by Crippen LogP contribution is -2.37. The maximum absolute atomic E-state index is 13.6. The fraction of sp³-hybridized carbons (Fsp3) is 0.571. The molecule has 18 heavy (non-hydrogen) atoms. The van der Waals surface area contributed by atoms with E-state index in [1.807, 2.05) is 7.05 Å². The van der Waals surface area contributed by atoms with Gasteiger partial charge in [0.05, 0.1) is 0 Å². The van der Waals surface area contributed by atoms with Crippen molar-refractivity contribution in [1.29, 1.82) is 0 Å². The minimum Gasteiger partial charge on any atom is -0.489 e. The summed E-state index contributed by atoms with van der Waals surface area (Å²) in [6, 6.07) is 4.80. The Morgan fingerprint density at radius 2 is 2.17 bits per heavy atom. The largest absolute Gasteiger partial charge is 0.489 e. The molecule has 1 aromatic carbocycles. The molecule has 0 saturated heterocycles. The van der Waals surface area contributed by atoms with Gasteiger partial charge >= 0.3 is 0 Å². The van der Waals surface area contributed by atoms with Crippen molar-refractivity contribution in [3.05, 3.63) is 29.0 Å². The summed E-state index contributed by atoms with van der Waals surface area (Å²) >= 11 is 5.70. The molecule has 2 nitrogen and oxygen atoms in total. The number of nitrogens with one attached hydrogen (secondary N) is 1. The van der Waals surface area contributed by atoms with Crippen LogP contribution in [0, 0.1) is 11.7 Å². The monoisotopic (exact) mass is 271 g/mol. The van der Waals surface area contributed by atoms with E-state index in [9.17, 15) is 4.39 Å². The molecule has 0 heterocycles. The lowest BCUT2D eigenvalue weighted by molar-refractivity contribution is 0.218. The molecule has 1 aliphatic rings. The molecule has 100 valence electrons. The standard InChI is InChI=1S/C14H19ClFNO/c1-17-13(10-4-2-3-5-10)9-18-14-7-6-11(15)8-12(14)16/h6-8,10,13,17H,2-5,9H2,1H3. The third-order valence-electron chi connectivity index (χ3n) is 3.65. The molecule has 0 amide bonds. The predicted octanol–water partition coefficient (Wildman–Crippen LogP) is 3.64. The molecule has 1 unspecified atom stereocenters. The number of halogens is 2. The first-order valence-corrected chi connectivity index (χ1v) is 6.83. The Labute approximate surface area is 112 Å². The summed E-state index contributed by atoms with van der Waals surface area (Å²) < 4.78 is 19.1. The molecule has 2 rings (SSSR count). The van der Waals surface area contributed by atoms with Crippen LogP contribution in [0.25, 0.3) is 0 Å². The zero-order valence-electron chi connectivity index (χ0n) is 10.6. The van der Waals surface area contributed by atoms with Crippen molar-refractivity contribution in [2.24, 2.45) is 5.92 Å². The quantitative estimate of drug-likeness (QED) is 0.883. The average molecular weight is 272 g/mol. The van der Waals surface area contributed by atoms with Crippen LogP contribution in [0.5, 0.6) is 5.75 Å². The van der Waals surface area contributed by atoms with Gasteiger partial charge in [0.1, 0.15) is 6.61 Å². The van der Waals surface area contributed by atoms with E-state index in [-0.39, 0.29) is 5.75 Å². The van der Waals surface area contributed by atoms with Gasteiger partial charge in [-0.25, -0.2) is 4.39 Å². The van der Waals surface area contributed by atoms with Gasteiger partial charge in [-0.3, -0.25) is 0 Å². The predicted molar refractivity (Wildman–Crippen MR) is 71.7 cm³/mol. The SMILES string of the molecule is CNC(COc1ccc(Cl)cc1F)C1CCCC1. The molecule has 0 aromatic heterocycles. The highest BCUT2D eigenvalue weighted by molar-refractivity contribution is 6.30. The van der Waals surface area contributed by atoms with Crippen LogP contribution in [0.3, 0.4) is 0 Å². The van der Waals surface area contributed by atoms with E-state index in [2.05, 4.69) is 5.32 Å². The van der Waals surface area contributed by atoms with Gasteiger partial charge in [0.15, 0.2) is 11.6 Å². The number of likely N-dealkylation sites (N-methyl/N-ethyl adjacent to an activating group) is 1. The van der Waals surface area contributed by atoms with Crippen molar-refractivity contribution in [3.8, 4) is 5.75 Å². The highest BCUT2D eigenvalue weighted by atomic mass is 35.5. The van der Waals surface area contributed by atoms with Crippen molar-refractivity contribution in [1.82, 2.24) is 5.32 Å². The van der Waals surface area contributed by atoms with Crippen LogP contribution in [0.15, 0.2) is 18.2 Å². The maximum atomic E-state index is 13.6. The van der Waals surface area contributed by atoms with Gasteiger partial charge in [-0.2, -0.15) is 0 Å². The fourth-order valence-corrected chi connectivity index (χ4v) is 2.75. The van der Waals surface area contributed by atoms with Crippen LogP contribution in [-0.2, 0) is 0 Å². The van der Waals surface area contributed by atoms with Crippen molar-refractivity contribution in [3.63, 3.8) is 0 Å². The van der Waals surface area contributed by atoms with Gasteiger partial charge in [0, 0.05) is 11.1 Å². The van der Waals surface area contributed by atoms with Gasteiger partial charge < -0.3 is 10.1 Å². The van der Waals surface area contributed by atoms with Gasteiger partial charge in [-0.1, -0.05) is 24.4 Å². The Morgan fingerprint density at radius 1 is 1.44 bits per heavy atom. The van der Waals surface area contributed by atoms with E-state index in [1.165, 1.54) is 31.7 Å². The second-order valence-electron chi connectivity index (χ2n) is 4.83. The second kappa shape index (κ2) is 6.39. The summed E-state index contributed by atoms with van der Waals surface area (Å²) in [5.74, 6) is 0.520. The van der Waals surface area contributed by atoms with E-state index in [0.717, 1.165) is 0 Å². The number of benzene rings is 1. The summed E-state index contributed by atoms with van der Waals surface area (Å²) in [6.07, 6.45) is 5.05. The molecule has 1 atom stereocenters. The van der Waals surface area contributed by atoms with E-state index in [0.29, 0.717) is 23.6 Å². The van der Waals surface area contributed by atoms with Gasteiger partial charge in [-0.05, 0) is 44.0 Å². The first-order valence-electron chi connectivity index (χ1n) is 6.46. The summed E-state index contributed by atoms with van der Waals surface area (Å²) in [7, 11) is 1.94. The summed E-state index contributed by atoms with van der Waals surface area (Å²) in [6.45, 7) is 0.500. The minimum atomic E-state index is -0.399. The van der Waals surface area contributed by atoms with Crippen LogP contribution in [-0.4, -0.2) is 19.7 Å². The molecule has 0 aliphatic heterocycles. The molecular formula is C14H19ClFNO. The third-order valence-corrected chi connectivity index (χ3v) is 3.89. The summed E-state index contributed by atoms with van der Waals surface area (Å²) in [5, 5.41) is 3.66. The van der Waals surface area contributed by atoms with E-state index in [1.54, 1.807) is 12.1 Å². The molecule has 1 aromatic rings. The highest BCUT2D eigenvalue weighted by Crippen LogP contribution is 2.28. The van der Waals surface area contributed by atoms with Crippen molar-refractivity contribution in [2.75, 3.05) is 13.7 Å². The minimum absolute atomic E-state index is 0.276. The fourth-order valence-electron chi connectivity index (χ4n) is 2.59. The normalized spacial score (nSPS) is 17.9. The summed E-state index contributed by atoms with van der Waals surface area (Å²) in [4.78, 5) is 0. The number of rotatable bonds is 5. The van der Waals surface area contributed by atoms with E-state index < -0.39 is 5.82 Å². The van der Waals surface area contributed by atoms with Crippen molar-refractivity contribution >= 4 is 11.6 Å². The number of hydrogen-bond donors (Lipinski definition) is 1. The topological polar surface area (TPSA) is 21.3 Å². The highest BCUT2D eigenvalue weighted by Gasteiger charge is 2.24. The van der Waals surface area contributed by atoms with Crippen molar-refractivity contribution in [2.45, 2.75) is 31.7 Å². The lowest BCUT2D eigenvalue weighted by Gasteiger charge is -2.23. The Kier molecular flexibility index (Phi) is 4.84. The zero-order chi connectivity index (χ0) is 13.0. The molecule has 0 radical (unpaired) electrons. The maximum Gasteiger partial charge on any atom is 0.166 e.